The maximum absolute atomic E-state index is 12.4. The maximum Gasteiger partial charge on any atom is 0.273 e. The first-order valence-corrected chi connectivity index (χ1v) is 11.0. The molecule has 172 valence electrons. The molecule has 0 aliphatic carbocycles. The van der Waals surface area contributed by atoms with E-state index in [2.05, 4.69) is 26.7 Å². The summed E-state index contributed by atoms with van der Waals surface area (Å²) in [7, 11) is 0. The van der Waals surface area contributed by atoms with Gasteiger partial charge in [-0.05, 0) is 30.5 Å². The number of β-amino-alcohol motifs (C(OH)–C–C–N with tert-alkyl or cyclic N) is 1. The second-order valence-corrected chi connectivity index (χ2v) is 8.09. The highest BCUT2D eigenvalue weighted by atomic mass is 16.7. The zero-order valence-electron chi connectivity index (χ0n) is 18.2. The van der Waals surface area contributed by atoms with Crippen molar-refractivity contribution >= 4 is 5.91 Å². The zero-order valence-corrected chi connectivity index (χ0v) is 18.2. The van der Waals surface area contributed by atoms with Crippen LogP contribution in [0.5, 0.6) is 11.5 Å². The van der Waals surface area contributed by atoms with Crippen molar-refractivity contribution in [3.05, 3.63) is 54.3 Å². The normalized spacial score (nSPS) is 17.3. The predicted octanol–water partition coefficient (Wildman–Crippen LogP) is 1.78. The predicted molar refractivity (Wildman–Crippen MR) is 117 cm³/mol. The van der Waals surface area contributed by atoms with E-state index in [0.717, 1.165) is 44.6 Å². The Balaban J connectivity index is 1.20. The molecular formula is C23H30N4O5. The van der Waals surface area contributed by atoms with Crippen molar-refractivity contribution in [2.45, 2.75) is 32.0 Å². The van der Waals surface area contributed by atoms with Crippen molar-refractivity contribution in [1.82, 2.24) is 20.1 Å². The minimum Gasteiger partial charge on any atom is -0.454 e. The number of nitrogens with zero attached hydrogens (tertiary/aromatic N) is 3. The third-order valence-electron chi connectivity index (χ3n) is 5.67. The number of oxazole rings is 1. The van der Waals surface area contributed by atoms with Crippen LogP contribution in [0.3, 0.4) is 0 Å². The molecule has 0 unspecified atom stereocenters. The Hall–Kier alpha value is -2.88. The van der Waals surface area contributed by atoms with Crippen molar-refractivity contribution in [3.8, 4) is 11.5 Å². The summed E-state index contributed by atoms with van der Waals surface area (Å²) >= 11 is 0. The van der Waals surface area contributed by atoms with Gasteiger partial charge in [0.15, 0.2) is 17.2 Å². The fourth-order valence-corrected chi connectivity index (χ4v) is 3.83. The highest BCUT2D eigenvalue weighted by molar-refractivity contribution is 5.91. The van der Waals surface area contributed by atoms with Crippen LogP contribution in [0.4, 0.5) is 0 Å². The van der Waals surface area contributed by atoms with Gasteiger partial charge in [-0.25, -0.2) is 4.98 Å². The average molecular weight is 443 g/mol. The number of piperazine rings is 1. The van der Waals surface area contributed by atoms with Crippen LogP contribution in [0.25, 0.3) is 0 Å². The number of benzene rings is 1. The van der Waals surface area contributed by atoms with Crippen LogP contribution in [0.15, 0.2) is 41.5 Å². The summed E-state index contributed by atoms with van der Waals surface area (Å²) in [6.07, 6.45) is 4.50. The number of ether oxygens (including phenoxy) is 2. The van der Waals surface area contributed by atoms with Crippen LogP contribution in [0, 0.1) is 0 Å². The molecule has 0 radical (unpaired) electrons. The summed E-state index contributed by atoms with van der Waals surface area (Å²) < 4.78 is 16.2. The monoisotopic (exact) mass is 442 g/mol. The fourth-order valence-electron chi connectivity index (χ4n) is 3.83. The van der Waals surface area contributed by atoms with Crippen molar-refractivity contribution < 1.29 is 23.8 Å². The Kier molecular flexibility index (Phi) is 7.41. The average Bonchev–Trinajstić information content (AvgIpc) is 3.46. The minimum absolute atomic E-state index is 0.222. The summed E-state index contributed by atoms with van der Waals surface area (Å²) in [5.74, 6) is 1.64. The van der Waals surface area contributed by atoms with Gasteiger partial charge in [-0.1, -0.05) is 12.1 Å². The van der Waals surface area contributed by atoms with Gasteiger partial charge in [0.2, 0.25) is 12.7 Å². The van der Waals surface area contributed by atoms with Gasteiger partial charge in [-0.2, -0.15) is 0 Å². The van der Waals surface area contributed by atoms with Gasteiger partial charge in [0, 0.05) is 39.3 Å². The van der Waals surface area contributed by atoms with Gasteiger partial charge in [-0.3, -0.25) is 14.6 Å². The molecule has 1 atom stereocenters. The molecule has 2 N–H and O–H groups in total. The third-order valence-corrected chi connectivity index (χ3v) is 5.67. The quantitative estimate of drug-likeness (QED) is 0.537. The van der Waals surface area contributed by atoms with Crippen molar-refractivity contribution in [2.24, 2.45) is 0 Å². The standard InChI is InChI=1S/C23H30N4O5/c1-2-3-4-18(28)13-26-7-9-27(10-8-26)14-22-25-19(15-30-22)23(29)24-12-17-5-6-20-21(11-17)32-16-31-20/h2,5-6,11,15,18,28H,1,3-4,7-10,12-14,16H2,(H,24,29)/t18-/m0/s1. The number of aliphatic hydroxyl groups is 1. The molecule has 0 spiro atoms. The number of aromatic nitrogens is 1. The van der Waals surface area contributed by atoms with Crippen LogP contribution in [0.1, 0.15) is 34.8 Å². The first-order valence-electron chi connectivity index (χ1n) is 11.0. The molecule has 1 aromatic carbocycles. The van der Waals surface area contributed by atoms with Crippen LogP contribution in [-0.2, 0) is 13.1 Å². The van der Waals surface area contributed by atoms with Gasteiger partial charge in [0.25, 0.3) is 5.91 Å². The number of carbonyl (C=O) groups is 1. The summed E-state index contributed by atoms with van der Waals surface area (Å²) in [4.78, 5) is 21.3. The third kappa shape index (κ3) is 5.87. The molecule has 1 aromatic heterocycles. The molecule has 0 bridgehead atoms. The fraction of sp³-hybridized carbons (Fsp3) is 0.478. The molecule has 32 heavy (non-hydrogen) atoms. The Bertz CT molecular complexity index is 923. The molecule has 1 saturated heterocycles. The summed E-state index contributed by atoms with van der Waals surface area (Å²) in [5, 5.41) is 12.9. The summed E-state index contributed by atoms with van der Waals surface area (Å²) in [5.41, 5.74) is 1.18. The van der Waals surface area contributed by atoms with Crippen LogP contribution < -0.4 is 14.8 Å². The number of nitrogens with one attached hydrogen (secondary N) is 1. The van der Waals surface area contributed by atoms with E-state index in [1.807, 2.05) is 24.3 Å². The molecule has 4 rings (SSSR count). The smallest absolute Gasteiger partial charge is 0.273 e. The Labute approximate surface area is 187 Å². The van der Waals surface area contributed by atoms with Crippen molar-refractivity contribution in [1.29, 1.82) is 0 Å². The Morgan fingerprint density at radius 2 is 2.00 bits per heavy atom. The van der Waals surface area contributed by atoms with Crippen molar-refractivity contribution in [3.63, 3.8) is 0 Å². The van der Waals surface area contributed by atoms with E-state index in [-0.39, 0.29) is 24.5 Å². The van der Waals surface area contributed by atoms with Crippen molar-refractivity contribution in [2.75, 3.05) is 39.5 Å². The maximum atomic E-state index is 12.4. The SMILES string of the molecule is C=CCC[C@H](O)CN1CCN(Cc2nc(C(=O)NCc3ccc4c(c3)OCO4)co2)CC1. The van der Waals surface area contributed by atoms with E-state index in [1.165, 1.54) is 6.26 Å². The van der Waals surface area contributed by atoms with E-state index in [0.29, 0.717) is 37.0 Å². The van der Waals surface area contributed by atoms with Gasteiger partial charge in [0.1, 0.15) is 6.26 Å². The molecular weight excluding hydrogens is 412 g/mol. The number of hydrogen-bond acceptors (Lipinski definition) is 8. The molecule has 3 heterocycles. The number of amides is 1. The summed E-state index contributed by atoms with van der Waals surface area (Å²) in [6, 6.07) is 5.58. The first-order chi connectivity index (χ1) is 15.6. The van der Waals surface area contributed by atoms with Gasteiger partial charge < -0.3 is 24.3 Å². The number of carbonyl (C=O) groups excluding carboxylic acids is 1. The zero-order chi connectivity index (χ0) is 22.3. The Morgan fingerprint density at radius 3 is 2.81 bits per heavy atom. The summed E-state index contributed by atoms with van der Waals surface area (Å²) in [6.45, 7) is 9.02. The first kappa shape index (κ1) is 22.3. The van der Waals surface area contributed by atoms with E-state index in [4.69, 9.17) is 13.9 Å². The van der Waals surface area contributed by atoms with E-state index in [1.54, 1.807) is 0 Å². The largest absolute Gasteiger partial charge is 0.454 e. The molecule has 1 amide bonds. The topological polar surface area (TPSA) is 100 Å². The lowest BCUT2D eigenvalue weighted by atomic mass is 10.1. The second-order valence-electron chi connectivity index (χ2n) is 8.09. The van der Waals surface area contributed by atoms with E-state index in [9.17, 15) is 9.90 Å². The lowest BCUT2D eigenvalue weighted by Gasteiger charge is -2.34. The minimum atomic E-state index is -0.315. The van der Waals surface area contributed by atoms with Gasteiger partial charge >= 0.3 is 0 Å². The van der Waals surface area contributed by atoms with E-state index >= 15 is 0 Å². The van der Waals surface area contributed by atoms with Crippen LogP contribution in [0.2, 0.25) is 0 Å². The molecule has 0 saturated carbocycles. The highest BCUT2D eigenvalue weighted by Crippen LogP contribution is 2.32. The highest BCUT2D eigenvalue weighted by Gasteiger charge is 2.21. The molecule has 2 aliphatic rings. The molecule has 9 nitrogen and oxygen atoms in total. The second kappa shape index (κ2) is 10.6. The van der Waals surface area contributed by atoms with E-state index < -0.39 is 0 Å². The number of allylic oxidation sites excluding steroid dienone is 1. The lowest BCUT2D eigenvalue weighted by Crippen LogP contribution is -2.48. The number of hydrogen-bond donors (Lipinski definition) is 2. The molecule has 9 heteroatoms. The lowest BCUT2D eigenvalue weighted by molar-refractivity contribution is 0.0642. The number of fused-ring (bicyclic) bond motifs is 1. The Morgan fingerprint density at radius 1 is 1.22 bits per heavy atom. The van der Waals surface area contributed by atoms with Crippen LogP contribution >= 0.6 is 0 Å². The molecule has 1 fully saturated rings. The molecule has 2 aliphatic heterocycles. The molecule has 2 aromatic rings. The number of aliphatic hydroxyl groups excluding tert-OH is 1. The number of rotatable bonds is 10. The van der Waals surface area contributed by atoms with Crippen LogP contribution in [-0.4, -0.2) is 71.4 Å². The van der Waals surface area contributed by atoms with Gasteiger partial charge in [0.05, 0.1) is 12.6 Å². The van der Waals surface area contributed by atoms with Gasteiger partial charge in [-0.15, -0.1) is 6.58 Å².